The van der Waals surface area contributed by atoms with Gasteiger partial charge in [-0.25, -0.2) is 14.2 Å². The lowest BCUT2D eigenvalue weighted by Crippen LogP contribution is -2.22. The number of nitrogens with zero attached hydrogens (tertiary/aromatic N) is 2. The number of nitrogens with one attached hydrogen (secondary N) is 1. The average molecular weight is 515 g/mol. The van der Waals surface area contributed by atoms with Crippen molar-refractivity contribution in [3.63, 3.8) is 0 Å². The lowest BCUT2D eigenvalue weighted by atomic mass is 9.96. The number of rotatable bonds is 6. The number of aryl methyl sites for hydroxylation is 1. The number of anilines is 1. The molecule has 2 N–H and O–H groups in total. The van der Waals surface area contributed by atoms with Crippen LogP contribution in [-0.2, 0) is 0 Å². The summed E-state index contributed by atoms with van der Waals surface area (Å²) in [5.74, 6) is -1.81. The van der Waals surface area contributed by atoms with Crippen LogP contribution in [0.4, 0.5) is 10.1 Å². The molecule has 1 unspecified atom stereocenters. The van der Waals surface area contributed by atoms with Gasteiger partial charge in [0.25, 0.3) is 0 Å². The van der Waals surface area contributed by atoms with Gasteiger partial charge in [0.1, 0.15) is 0 Å². The van der Waals surface area contributed by atoms with Crippen LogP contribution < -0.4 is 5.32 Å². The first-order chi connectivity index (χ1) is 14.1. The van der Waals surface area contributed by atoms with Crippen molar-refractivity contribution in [1.29, 1.82) is 0 Å². The zero-order valence-electron chi connectivity index (χ0n) is 16.4. The summed E-state index contributed by atoms with van der Waals surface area (Å²) < 4.78 is 16.8. The van der Waals surface area contributed by atoms with Crippen molar-refractivity contribution in [3.05, 3.63) is 79.5 Å². The topological polar surface area (TPSA) is 67.2 Å². The normalized spacial score (nSPS) is 12.3. The van der Waals surface area contributed by atoms with Gasteiger partial charge in [0.15, 0.2) is 16.2 Å². The van der Waals surface area contributed by atoms with Crippen LogP contribution in [0.1, 0.15) is 53.2 Å². The van der Waals surface area contributed by atoms with Crippen molar-refractivity contribution in [1.82, 2.24) is 9.55 Å². The summed E-state index contributed by atoms with van der Waals surface area (Å²) >= 11 is 15.4. The molecular formula is C21H19BrCl2FN3O2. The van der Waals surface area contributed by atoms with Crippen LogP contribution in [0.5, 0.6) is 0 Å². The lowest BCUT2D eigenvalue weighted by Gasteiger charge is -2.26. The molecule has 1 atom stereocenters. The number of aromatic carboxylic acids is 1. The van der Waals surface area contributed by atoms with E-state index in [1.165, 1.54) is 6.07 Å². The zero-order chi connectivity index (χ0) is 22.2. The molecule has 0 radical (unpaired) electrons. The molecular weight excluding hydrogens is 496 g/mol. The Balaban J connectivity index is 2.30. The number of hydrogen-bond donors (Lipinski definition) is 2. The highest BCUT2D eigenvalue weighted by Gasteiger charge is 2.31. The molecule has 0 amide bonds. The Morgan fingerprint density at radius 3 is 2.57 bits per heavy atom. The van der Waals surface area contributed by atoms with Crippen LogP contribution in [0.15, 0.2) is 41.1 Å². The predicted octanol–water partition coefficient (Wildman–Crippen LogP) is 6.88. The van der Waals surface area contributed by atoms with Gasteiger partial charge in [-0.3, -0.25) is 0 Å². The molecule has 9 heteroatoms. The number of carboxylic acids is 1. The molecule has 0 aliphatic heterocycles. The minimum Gasteiger partial charge on any atom is -0.476 e. The minimum absolute atomic E-state index is 0.0383. The SMILES string of the molecule is Cc1cc(Cl)ccc1C(Nc1cccc(Cl)c1F)c1c(C(=O)O)nc(Br)n1C(C)C. The van der Waals surface area contributed by atoms with Crippen LogP contribution in [0.3, 0.4) is 0 Å². The van der Waals surface area contributed by atoms with Gasteiger partial charge >= 0.3 is 5.97 Å². The first kappa shape index (κ1) is 22.6. The molecule has 1 heterocycles. The Morgan fingerprint density at radius 2 is 1.97 bits per heavy atom. The summed E-state index contributed by atoms with van der Waals surface area (Å²) in [6.45, 7) is 5.68. The first-order valence-corrected chi connectivity index (χ1v) is 10.6. The molecule has 0 saturated carbocycles. The molecule has 30 heavy (non-hydrogen) atoms. The average Bonchev–Trinajstić information content (AvgIpc) is 3.01. The Labute approximate surface area is 192 Å². The summed E-state index contributed by atoms with van der Waals surface area (Å²) in [5, 5.41) is 13.5. The third kappa shape index (κ3) is 4.33. The molecule has 2 aromatic carbocycles. The van der Waals surface area contributed by atoms with E-state index < -0.39 is 17.8 Å². The molecule has 0 bridgehead atoms. The highest BCUT2D eigenvalue weighted by atomic mass is 79.9. The summed E-state index contributed by atoms with van der Waals surface area (Å²) in [4.78, 5) is 16.2. The lowest BCUT2D eigenvalue weighted by molar-refractivity contribution is 0.0689. The van der Waals surface area contributed by atoms with Crippen LogP contribution >= 0.6 is 39.1 Å². The molecule has 0 aliphatic carbocycles. The minimum atomic E-state index is -1.19. The number of halogens is 4. The standard InChI is InChI=1S/C21H19BrCl2FN3O2/c1-10(2)28-19(18(20(29)30)27-21(28)22)17(13-8-7-12(23)9-11(13)3)26-15-6-4-5-14(24)16(15)25/h4-10,17,26H,1-3H3,(H,29,30). The van der Waals surface area contributed by atoms with Crippen molar-refractivity contribution < 1.29 is 14.3 Å². The summed E-state index contributed by atoms with van der Waals surface area (Å²) in [6.07, 6.45) is 0. The van der Waals surface area contributed by atoms with E-state index in [0.29, 0.717) is 15.5 Å². The van der Waals surface area contributed by atoms with Crippen molar-refractivity contribution in [2.75, 3.05) is 5.32 Å². The van der Waals surface area contributed by atoms with Crippen molar-refractivity contribution in [3.8, 4) is 0 Å². The molecule has 3 aromatic rings. The van der Waals surface area contributed by atoms with E-state index in [2.05, 4.69) is 26.2 Å². The molecule has 0 fully saturated rings. The number of benzene rings is 2. The summed E-state index contributed by atoms with van der Waals surface area (Å²) in [5.41, 5.74) is 1.94. The fourth-order valence-electron chi connectivity index (χ4n) is 3.37. The van der Waals surface area contributed by atoms with Crippen LogP contribution in [0.25, 0.3) is 0 Å². The molecule has 158 valence electrons. The van der Waals surface area contributed by atoms with Gasteiger partial charge < -0.3 is 15.0 Å². The second-order valence-corrected chi connectivity index (χ2v) is 8.62. The number of carbonyl (C=O) groups is 1. The van der Waals surface area contributed by atoms with E-state index in [4.69, 9.17) is 23.2 Å². The van der Waals surface area contributed by atoms with E-state index in [9.17, 15) is 14.3 Å². The fraction of sp³-hybridized carbons (Fsp3) is 0.238. The largest absolute Gasteiger partial charge is 0.476 e. The number of aromatic nitrogens is 2. The zero-order valence-corrected chi connectivity index (χ0v) is 19.5. The van der Waals surface area contributed by atoms with E-state index in [1.54, 1.807) is 34.9 Å². The maximum atomic E-state index is 14.7. The quantitative estimate of drug-likeness (QED) is 0.376. The number of imidazole rings is 1. The van der Waals surface area contributed by atoms with Gasteiger partial charge in [-0.15, -0.1) is 0 Å². The van der Waals surface area contributed by atoms with Crippen LogP contribution in [0.2, 0.25) is 10.0 Å². The second-order valence-electron chi connectivity index (χ2n) is 7.06. The molecule has 3 rings (SSSR count). The predicted molar refractivity (Wildman–Crippen MR) is 120 cm³/mol. The Morgan fingerprint density at radius 1 is 1.27 bits per heavy atom. The summed E-state index contributed by atoms with van der Waals surface area (Å²) in [7, 11) is 0. The Bertz CT molecular complexity index is 1120. The molecule has 0 aliphatic rings. The van der Waals surface area contributed by atoms with Gasteiger partial charge in [0.05, 0.1) is 22.4 Å². The van der Waals surface area contributed by atoms with Crippen molar-refractivity contribution >= 4 is 50.8 Å². The number of hydrogen-bond acceptors (Lipinski definition) is 3. The van der Waals surface area contributed by atoms with Crippen LogP contribution in [-0.4, -0.2) is 20.6 Å². The smallest absolute Gasteiger partial charge is 0.356 e. The van der Waals surface area contributed by atoms with E-state index in [1.807, 2.05) is 20.8 Å². The molecule has 0 saturated heterocycles. The fourth-order valence-corrected chi connectivity index (χ4v) is 4.55. The Kier molecular flexibility index (Phi) is 6.75. The van der Waals surface area contributed by atoms with E-state index in [0.717, 1.165) is 11.1 Å². The molecule has 1 aromatic heterocycles. The van der Waals surface area contributed by atoms with E-state index >= 15 is 0 Å². The maximum absolute atomic E-state index is 14.7. The molecule has 0 spiro atoms. The van der Waals surface area contributed by atoms with Gasteiger partial charge in [-0.1, -0.05) is 35.3 Å². The van der Waals surface area contributed by atoms with Gasteiger partial charge in [0.2, 0.25) is 0 Å². The third-order valence-electron chi connectivity index (χ3n) is 4.69. The Hall–Kier alpha value is -2.09. The highest BCUT2D eigenvalue weighted by Crippen LogP contribution is 2.37. The summed E-state index contributed by atoms with van der Waals surface area (Å²) in [6, 6.07) is 9.03. The maximum Gasteiger partial charge on any atom is 0.356 e. The second kappa shape index (κ2) is 8.96. The van der Waals surface area contributed by atoms with Gasteiger partial charge in [-0.2, -0.15) is 0 Å². The monoisotopic (exact) mass is 513 g/mol. The van der Waals surface area contributed by atoms with Gasteiger partial charge in [-0.05, 0) is 72.1 Å². The number of carboxylic acid groups (broad SMARTS) is 1. The highest BCUT2D eigenvalue weighted by molar-refractivity contribution is 9.10. The van der Waals surface area contributed by atoms with Crippen molar-refractivity contribution in [2.24, 2.45) is 0 Å². The van der Waals surface area contributed by atoms with Crippen LogP contribution in [0, 0.1) is 12.7 Å². The van der Waals surface area contributed by atoms with E-state index in [-0.39, 0.29) is 22.4 Å². The molecule has 5 nitrogen and oxygen atoms in total. The van der Waals surface area contributed by atoms with Gasteiger partial charge in [0, 0.05) is 11.1 Å². The first-order valence-electron chi connectivity index (χ1n) is 9.09. The van der Waals surface area contributed by atoms with Crippen molar-refractivity contribution in [2.45, 2.75) is 32.9 Å². The third-order valence-corrected chi connectivity index (χ3v) is 5.78.